The quantitative estimate of drug-likeness (QED) is 0.162. The largest absolute Gasteiger partial charge is 0.435 e. The van der Waals surface area contributed by atoms with Crippen LogP contribution in [0.25, 0.3) is 82.7 Å². The Kier molecular flexibility index (Phi) is 7.14. The average molecular weight is 704 g/mol. The van der Waals surface area contributed by atoms with Crippen LogP contribution in [-0.2, 0) is 0 Å². The Hall–Kier alpha value is -7.43. The summed E-state index contributed by atoms with van der Waals surface area (Å²) in [5.74, 6) is 0.607. The molecule has 0 N–H and O–H groups in total. The molecule has 0 saturated carbocycles. The third kappa shape index (κ3) is 5.11. The number of aromatic nitrogens is 2. The highest BCUT2D eigenvalue weighted by Crippen LogP contribution is 2.46. The molecule has 4 nitrogen and oxygen atoms in total. The maximum absolute atomic E-state index is 6.63. The van der Waals surface area contributed by atoms with Gasteiger partial charge in [0.1, 0.15) is 5.52 Å². The molecule has 258 valence electrons. The van der Waals surface area contributed by atoms with Crippen molar-refractivity contribution in [1.82, 2.24) is 9.55 Å². The van der Waals surface area contributed by atoms with Crippen LogP contribution in [0.1, 0.15) is 0 Å². The predicted octanol–water partition coefficient (Wildman–Crippen LogP) is 14.0. The first kappa shape index (κ1) is 31.1. The minimum Gasteiger partial charge on any atom is -0.435 e. The maximum atomic E-state index is 6.63. The summed E-state index contributed by atoms with van der Waals surface area (Å²) in [5.41, 5.74) is 11.4. The van der Waals surface area contributed by atoms with Gasteiger partial charge in [0.05, 0.1) is 16.7 Å². The molecular formula is C51H33N3O. The molecule has 2 aromatic heterocycles. The van der Waals surface area contributed by atoms with Crippen LogP contribution in [0, 0.1) is 0 Å². The van der Waals surface area contributed by atoms with Crippen molar-refractivity contribution in [3.05, 3.63) is 200 Å². The van der Waals surface area contributed by atoms with Gasteiger partial charge in [-0.1, -0.05) is 127 Å². The Morgan fingerprint density at radius 2 is 1.05 bits per heavy atom. The zero-order chi connectivity index (χ0) is 36.3. The molecule has 0 aliphatic heterocycles. The molecule has 0 radical (unpaired) electrons. The summed E-state index contributed by atoms with van der Waals surface area (Å²) in [6.45, 7) is 0. The van der Waals surface area contributed by atoms with Gasteiger partial charge in [-0.05, 0) is 94.7 Å². The second-order valence-electron chi connectivity index (χ2n) is 14.0. The molecule has 0 bridgehead atoms. The van der Waals surface area contributed by atoms with E-state index in [4.69, 9.17) is 9.40 Å². The van der Waals surface area contributed by atoms with Gasteiger partial charge < -0.3 is 13.9 Å². The third-order valence-corrected chi connectivity index (χ3v) is 10.8. The second kappa shape index (κ2) is 12.6. The van der Waals surface area contributed by atoms with Gasteiger partial charge in [0, 0.05) is 44.2 Å². The lowest BCUT2D eigenvalue weighted by Crippen LogP contribution is -2.11. The summed E-state index contributed by atoms with van der Waals surface area (Å²) in [7, 11) is 0. The number of benzene rings is 9. The zero-order valence-electron chi connectivity index (χ0n) is 29.8. The highest BCUT2D eigenvalue weighted by atomic mass is 16.3. The molecule has 0 aliphatic carbocycles. The van der Waals surface area contributed by atoms with Gasteiger partial charge >= 0.3 is 0 Å². The smallest absolute Gasteiger partial charge is 0.227 e. The molecule has 9 aromatic carbocycles. The molecule has 0 amide bonds. The lowest BCUT2D eigenvalue weighted by molar-refractivity contribution is 0.623. The number of oxazole rings is 1. The molecular weight excluding hydrogens is 671 g/mol. The topological polar surface area (TPSA) is 34.2 Å². The van der Waals surface area contributed by atoms with E-state index in [2.05, 4.69) is 179 Å². The summed E-state index contributed by atoms with van der Waals surface area (Å²) in [4.78, 5) is 7.50. The first-order chi connectivity index (χ1) is 27.3. The van der Waals surface area contributed by atoms with Gasteiger partial charge in [-0.2, -0.15) is 0 Å². The third-order valence-electron chi connectivity index (χ3n) is 10.8. The molecule has 0 spiro atoms. The van der Waals surface area contributed by atoms with Crippen molar-refractivity contribution in [2.45, 2.75) is 0 Å². The molecule has 0 unspecified atom stereocenters. The molecule has 0 aliphatic rings. The summed E-state index contributed by atoms with van der Waals surface area (Å²) in [6.07, 6.45) is 0. The Bertz CT molecular complexity index is 3140. The Morgan fingerprint density at radius 3 is 1.78 bits per heavy atom. The van der Waals surface area contributed by atoms with Crippen molar-refractivity contribution in [2.75, 3.05) is 4.90 Å². The van der Waals surface area contributed by atoms with Crippen molar-refractivity contribution in [3.63, 3.8) is 0 Å². The highest BCUT2D eigenvalue weighted by molar-refractivity contribution is 6.22. The van der Waals surface area contributed by atoms with Crippen LogP contribution in [0.4, 0.5) is 17.1 Å². The van der Waals surface area contributed by atoms with Crippen molar-refractivity contribution in [3.8, 4) is 28.3 Å². The molecule has 11 rings (SSSR count). The Balaban J connectivity index is 1.18. The van der Waals surface area contributed by atoms with E-state index < -0.39 is 0 Å². The van der Waals surface area contributed by atoms with Gasteiger partial charge in [0.15, 0.2) is 5.58 Å². The van der Waals surface area contributed by atoms with Crippen LogP contribution in [0.15, 0.2) is 205 Å². The van der Waals surface area contributed by atoms with E-state index >= 15 is 0 Å². The monoisotopic (exact) mass is 703 g/mol. The Morgan fingerprint density at radius 1 is 0.436 bits per heavy atom. The predicted molar refractivity (Wildman–Crippen MR) is 229 cm³/mol. The lowest BCUT2D eigenvalue weighted by Gasteiger charge is -2.28. The minimum atomic E-state index is 0.607. The van der Waals surface area contributed by atoms with E-state index in [0.717, 1.165) is 66.5 Å². The molecule has 0 saturated heterocycles. The van der Waals surface area contributed by atoms with Crippen molar-refractivity contribution in [2.24, 2.45) is 0 Å². The summed E-state index contributed by atoms with van der Waals surface area (Å²) >= 11 is 0. The van der Waals surface area contributed by atoms with E-state index in [-0.39, 0.29) is 0 Å². The molecule has 2 heterocycles. The standard InChI is InChI=1S/C51H33N3O/c1-3-14-34(15-4-1)37-19-13-20-40(32-37)53(38-27-29-39(30-28-38)54-46-24-11-9-22-42(46)43-23-10-12-25-47(43)54)48-33-45-50(55-51(52-45)36-17-5-2-6-18-36)44-31-26-35-16-7-8-21-41(35)49(44)48/h1-33H. The fraction of sp³-hybridized carbons (Fsp3) is 0. The number of hydrogen-bond donors (Lipinski definition) is 0. The number of rotatable bonds is 6. The first-order valence-corrected chi connectivity index (χ1v) is 18.6. The summed E-state index contributed by atoms with van der Waals surface area (Å²) in [5, 5.41) is 6.94. The van der Waals surface area contributed by atoms with Gasteiger partial charge in [-0.15, -0.1) is 0 Å². The van der Waals surface area contributed by atoms with E-state index in [9.17, 15) is 0 Å². The van der Waals surface area contributed by atoms with Crippen molar-refractivity contribution in [1.29, 1.82) is 0 Å². The highest BCUT2D eigenvalue weighted by Gasteiger charge is 2.23. The van der Waals surface area contributed by atoms with Crippen LogP contribution < -0.4 is 4.90 Å². The van der Waals surface area contributed by atoms with Gasteiger partial charge in [0.25, 0.3) is 0 Å². The first-order valence-electron chi connectivity index (χ1n) is 18.6. The number of anilines is 3. The normalized spacial score (nSPS) is 11.6. The van der Waals surface area contributed by atoms with Crippen LogP contribution in [0.5, 0.6) is 0 Å². The van der Waals surface area contributed by atoms with E-state index in [0.29, 0.717) is 5.89 Å². The van der Waals surface area contributed by atoms with Gasteiger partial charge in [-0.25, -0.2) is 4.98 Å². The van der Waals surface area contributed by atoms with Crippen LogP contribution in [0.3, 0.4) is 0 Å². The molecule has 55 heavy (non-hydrogen) atoms. The summed E-state index contributed by atoms with van der Waals surface area (Å²) < 4.78 is 9.00. The van der Waals surface area contributed by atoms with E-state index in [1.165, 1.54) is 27.4 Å². The van der Waals surface area contributed by atoms with Crippen molar-refractivity contribution < 1.29 is 4.42 Å². The maximum Gasteiger partial charge on any atom is 0.227 e. The second-order valence-corrected chi connectivity index (χ2v) is 14.0. The molecule has 11 aromatic rings. The SMILES string of the molecule is c1ccc(-c2cccc(N(c3ccc(-n4c5ccccc5c5ccccc54)cc3)c3cc4nc(-c5ccccc5)oc4c4ccc5ccccc5c34)c2)cc1. The van der Waals surface area contributed by atoms with Crippen LogP contribution in [-0.4, -0.2) is 9.55 Å². The summed E-state index contributed by atoms with van der Waals surface area (Å²) in [6, 6.07) is 71.0. The van der Waals surface area contributed by atoms with Crippen LogP contribution in [0.2, 0.25) is 0 Å². The molecule has 4 heteroatoms. The van der Waals surface area contributed by atoms with Gasteiger partial charge in [-0.3, -0.25) is 0 Å². The average Bonchev–Trinajstić information content (AvgIpc) is 3.85. The Labute approximate surface area is 317 Å². The minimum absolute atomic E-state index is 0.607. The lowest BCUT2D eigenvalue weighted by atomic mass is 9.98. The van der Waals surface area contributed by atoms with E-state index in [1.807, 2.05) is 30.3 Å². The fourth-order valence-electron chi connectivity index (χ4n) is 8.28. The molecule has 0 fully saturated rings. The van der Waals surface area contributed by atoms with E-state index in [1.54, 1.807) is 0 Å². The van der Waals surface area contributed by atoms with Crippen molar-refractivity contribution >= 4 is 71.5 Å². The number of para-hydroxylation sites is 2. The zero-order valence-corrected chi connectivity index (χ0v) is 29.8. The van der Waals surface area contributed by atoms with Gasteiger partial charge in [0.2, 0.25) is 5.89 Å². The number of hydrogen-bond acceptors (Lipinski definition) is 3. The number of fused-ring (bicyclic) bond motifs is 8. The van der Waals surface area contributed by atoms with Crippen LogP contribution >= 0.6 is 0 Å². The number of nitrogens with zero attached hydrogens (tertiary/aromatic N) is 3. The molecule has 0 atom stereocenters. The fourth-order valence-corrected chi connectivity index (χ4v) is 8.28.